The van der Waals surface area contributed by atoms with Gasteiger partial charge in [-0.15, -0.1) is 0 Å². The average molecular weight is 413 g/mol. The van der Waals surface area contributed by atoms with E-state index in [4.69, 9.17) is 10.00 Å². The van der Waals surface area contributed by atoms with Crippen LogP contribution in [0, 0.1) is 11.3 Å². The highest BCUT2D eigenvalue weighted by Crippen LogP contribution is 2.27. The lowest BCUT2D eigenvalue weighted by Gasteiger charge is -2.31. The Kier molecular flexibility index (Phi) is 7.29. The first-order valence-electron chi connectivity index (χ1n) is 10.2. The third kappa shape index (κ3) is 5.59. The van der Waals surface area contributed by atoms with Gasteiger partial charge >= 0.3 is 0 Å². The summed E-state index contributed by atoms with van der Waals surface area (Å²) >= 11 is 0. The van der Waals surface area contributed by atoms with Crippen LogP contribution in [-0.2, 0) is 16.4 Å². The highest BCUT2D eigenvalue weighted by Gasteiger charge is 2.31. The molecule has 0 aliphatic carbocycles. The first-order valence-corrected chi connectivity index (χ1v) is 11.8. The number of piperidine rings is 1. The summed E-state index contributed by atoms with van der Waals surface area (Å²) < 4.78 is 31.6. The summed E-state index contributed by atoms with van der Waals surface area (Å²) in [6, 6.07) is 16.5. The van der Waals surface area contributed by atoms with E-state index in [0.29, 0.717) is 29.9 Å². The number of benzene rings is 2. The van der Waals surface area contributed by atoms with Crippen molar-refractivity contribution in [3.05, 3.63) is 59.7 Å². The molecule has 0 saturated carbocycles. The van der Waals surface area contributed by atoms with Crippen LogP contribution in [-0.4, -0.2) is 38.3 Å². The van der Waals surface area contributed by atoms with Crippen molar-refractivity contribution >= 4 is 9.84 Å². The van der Waals surface area contributed by atoms with Crippen molar-refractivity contribution in [1.29, 1.82) is 5.26 Å². The van der Waals surface area contributed by atoms with Gasteiger partial charge in [0.15, 0.2) is 9.84 Å². The van der Waals surface area contributed by atoms with Crippen LogP contribution in [0.2, 0.25) is 0 Å². The van der Waals surface area contributed by atoms with Crippen molar-refractivity contribution in [2.75, 3.05) is 19.7 Å². The van der Waals surface area contributed by atoms with E-state index in [1.807, 2.05) is 24.3 Å². The number of nitriles is 1. The Morgan fingerprint density at radius 2 is 1.72 bits per heavy atom. The Hall–Kier alpha value is -2.36. The maximum absolute atomic E-state index is 13.0. The lowest BCUT2D eigenvalue weighted by atomic mass is 10.1. The summed E-state index contributed by atoms with van der Waals surface area (Å²) in [5.41, 5.74) is 1.80. The van der Waals surface area contributed by atoms with Crippen LogP contribution in [0.1, 0.15) is 43.7 Å². The van der Waals surface area contributed by atoms with E-state index in [1.54, 1.807) is 24.3 Å². The second-order valence-corrected chi connectivity index (χ2v) is 9.73. The molecular weight excluding hydrogens is 384 g/mol. The molecule has 0 atom stereocenters. The molecule has 3 rings (SSSR count). The van der Waals surface area contributed by atoms with Gasteiger partial charge in [-0.25, -0.2) is 8.42 Å². The summed E-state index contributed by atoms with van der Waals surface area (Å²) in [6.07, 6.45) is 3.32. The van der Waals surface area contributed by atoms with Crippen LogP contribution in [0.15, 0.2) is 53.4 Å². The van der Waals surface area contributed by atoms with Gasteiger partial charge in [-0.05, 0) is 74.3 Å². The Morgan fingerprint density at radius 1 is 1.07 bits per heavy atom. The van der Waals surface area contributed by atoms with E-state index < -0.39 is 9.84 Å². The zero-order valence-corrected chi connectivity index (χ0v) is 17.7. The molecule has 2 aromatic carbocycles. The Bertz CT molecular complexity index is 924. The van der Waals surface area contributed by atoms with E-state index in [2.05, 4.69) is 17.9 Å². The minimum Gasteiger partial charge on any atom is -0.494 e. The van der Waals surface area contributed by atoms with Crippen LogP contribution >= 0.6 is 0 Å². The van der Waals surface area contributed by atoms with Crippen molar-refractivity contribution in [3.63, 3.8) is 0 Å². The quantitative estimate of drug-likeness (QED) is 0.609. The van der Waals surface area contributed by atoms with Gasteiger partial charge in [-0.2, -0.15) is 5.26 Å². The van der Waals surface area contributed by atoms with Gasteiger partial charge in [-0.1, -0.05) is 25.5 Å². The highest BCUT2D eigenvalue weighted by molar-refractivity contribution is 7.92. The number of likely N-dealkylation sites (tertiary alicyclic amines) is 1. The minimum atomic E-state index is -3.33. The molecule has 0 unspecified atom stereocenters. The molecule has 1 saturated heterocycles. The van der Waals surface area contributed by atoms with E-state index in [0.717, 1.165) is 43.8 Å². The highest BCUT2D eigenvalue weighted by atomic mass is 32.2. The van der Waals surface area contributed by atoms with Crippen molar-refractivity contribution in [1.82, 2.24) is 4.90 Å². The summed E-state index contributed by atoms with van der Waals surface area (Å²) in [7, 11) is -3.33. The van der Waals surface area contributed by atoms with Gasteiger partial charge in [0, 0.05) is 6.54 Å². The second-order valence-electron chi connectivity index (χ2n) is 7.50. The van der Waals surface area contributed by atoms with Crippen LogP contribution in [0.5, 0.6) is 5.75 Å². The molecule has 0 spiro atoms. The number of rotatable bonds is 8. The molecule has 0 aromatic heterocycles. The number of sulfone groups is 1. The number of ether oxygens (including phenoxy) is 1. The Labute approximate surface area is 173 Å². The lowest BCUT2D eigenvalue weighted by Crippen LogP contribution is -2.38. The van der Waals surface area contributed by atoms with Gasteiger partial charge < -0.3 is 4.74 Å². The smallest absolute Gasteiger partial charge is 0.181 e. The molecule has 1 heterocycles. The van der Waals surface area contributed by atoms with Crippen molar-refractivity contribution in [3.8, 4) is 11.8 Å². The number of hydrogen-bond acceptors (Lipinski definition) is 5. The van der Waals surface area contributed by atoms with Crippen molar-refractivity contribution in [2.45, 2.75) is 49.3 Å². The fourth-order valence-corrected chi connectivity index (χ4v) is 5.30. The van der Waals surface area contributed by atoms with Crippen molar-refractivity contribution in [2.24, 2.45) is 0 Å². The predicted octanol–water partition coefficient (Wildman–Crippen LogP) is 4.18. The number of nitrogens with zero attached hydrogens (tertiary/aromatic N) is 2. The molecule has 0 bridgehead atoms. The normalized spacial score (nSPS) is 15.7. The molecule has 5 nitrogen and oxygen atoms in total. The van der Waals surface area contributed by atoms with Crippen LogP contribution in [0.25, 0.3) is 0 Å². The van der Waals surface area contributed by atoms with Crippen LogP contribution in [0.3, 0.4) is 0 Å². The lowest BCUT2D eigenvalue weighted by molar-refractivity contribution is 0.222. The number of unbranched alkanes of at least 4 members (excludes halogenated alkanes) is 1. The fraction of sp³-hybridized carbons (Fsp3) is 0.435. The summed E-state index contributed by atoms with van der Waals surface area (Å²) in [5.74, 6) is 0.717. The molecule has 1 aliphatic heterocycles. The first kappa shape index (κ1) is 21.4. The van der Waals surface area contributed by atoms with Crippen molar-refractivity contribution < 1.29 is 13.2 Å². The zero-order valence-electron chi connectivity index (χ0n) is 16.9. The van der Waals surface area contributed by atoms with E-state index >= 15 is 0 Å². The average Bonchev–Trinajstić information content (AvgIpc) is 2.75. The third-order valence-corrected chi connectivity index (χ3v) is 7.66. The standard InChI is InChI=1S/C23H28N2O3S/c1-2-3-16-28-21-8-10-22(11-9-21)29(26,27)23-12-14-25(15-13-23)18-20-6-4-19(17-24)5-7-20/h4-11,23H,2-3,12-16,18H2,1H3. The van der Waals surface area contributed by atoms with E-state index in [-0.39, 0.29) is 5.25 Å². The molecular formula is C23H28N2O3S. The van der Waals surface area contributed by atoms with E-state index in [9.17, 15) is 8.42 Å². The molecule has 1 fully saturated rings. The Balaban J connectivity index is 1.55. The molecule has 154 valence electrons. The molecule has 29 heavy (non-hydrogen) atoms. The maximum Gasteiger partial charge on any atom is 0.181 e. The van der Waals surface area contributed by atoms with Gasteiger partial charge in [0.1, 0.15) is 5.75 Å². The predicted molar refractivity (Wildman–Crippen MR) is 113 cm³/mol. The largest absolute Gasteiger partial charge is 0.494 e. The maximum atomic E-state index is 13.0. The number of hydrogen-bond donors (Lipinski definition) is 0. The van der Waals surface area contributed by atoms with Gasteiger partial charge in [0.2, 0.25) is 0 Å². The summed E-state index contributed by atoms with van der Waals surface area (Å²) in [4.78, 5) is 2.66. The molecule has 0 amide bonds. The molecule has 0 radical (unpaired) electrons. The minimum absolute atomic E-state index is 0.341. The SMILES string of the molecule is CCCCOc1ccc(S(=O)(=O)C2CCN(Cc3ccc(C#N)cc3)CC2)cc1. The topological polar surface area (TPSA) is 70.4 Å². The molecule has 2 aromatic rings. The summed E-state index contributed by atoms with van der Waals surface area (Å²) in [5, 5.41) is 8.55. The van der Waals surface area contributed by atoms with Crippen LogP contribution < -0.4 is 4.74 Å². The van der Waals surface area contributed by atoms with Crippen LogP contribution in [0.4, 0.5) is 0 Å². The fourth-order valence-electron chi connectivity index (χ4n) is 3.57. The molecule has 1 aliphatic rings. The third-order valence-electron chi connectivity index (χ3n) is 5.38. The van der Waals surface area contributed by atoms with Gasteiger partial charge in [-0.3, -0.25) is 4.90 Å². The molecule has 6 heteroatoms. The van der Waals surface area contributed by atoms with E-state index in [1.165, 1.54) is 0 Å². The van der Waals surface area contributed by atoms with Gasteiger partial charge in [0.05, 0.1) is 28.4 Å². The first-order chi connectivity index (χ1) is 14.0. The zero-order chi connectivity index (χ0) is 20.7. The summed E-state index contributed by atoms with van der Waals surface area (Å²) in [6.45, 7) is 5.04. The monoisotopic (exact) mass is 412 g/mol. The second kappa shape index (κ2) is 9.91. The van der Waals surface area contributed by atoms with Gasteiger partial charge in [0.25, 0.3) is 0 Å². The molecule has 0 N–H and O–H groups in total. The Morgan fingerprint density at radius 3 is 2.31 bits per heavy atom.